The number of likely N-dealkylation sites (N-methyl/N-ethyl adjacent to an activating group) is 1. The van der Waals surface area contributed by atoms with Crippen molar-refractivity contribution in [3.8, 4) is 0 Å². The molecule has 1 saturated carbocycles. The molecule has 0 heterocycles. The van der Waals surface area contributed by atoms with E-state index in [-0.39, 0.29) is 19.7 Å². The first-order chi connectivity index (χ1) is 9.34. The van der Waals surface area contributed by atoms with E-state index in [0.717, 1.165) is 4.31 Å². The van der Waals surface area contributed by atoms with Crippen molar-refractivity contribution in [1.29, 1.82) is 0 Å². The van der Waals surface area contributed by atoms with Crippen molar-refractivity contribution in [2.45, 2.75) is 38.4 Å². The SMILES string of the molecule is CCOC(=O)CN(CC)S(=O)(=O)C1CCCC1C(=O)O. The molecule has 2 unspecified atom stereocenters. The summed E-state index contributed by atoms with van der Waals surface area (Å²) in [4.78, 5) is 22.6. The number of nitrogens with zero attached hydrogens (tertiary/aromatic N) is 1. The van der Waals surface area contributed by atoms with Crippen molar-refractivity contribution in [2.75, 3.05) is 19.7 Å². The topological polar surface area (TPSA) is 101 Å². The van der Waals surface area contributed by atoms with Gasteiger partial charge in [0.2, 0.25) is 10.0 Å². The van der Waals surface area contributed by atoms with Crippen LogP contribution in [0.25, 0.3) is 0 Å². The maximum atomic E-state index is 12.5. The zero-order chi connectivity index (χ0) is 15.3. The minimum atomic E-state index is -3.81. The fraction of sp³-hybridized carbons (Fsp3) is 0.833. The molecule has 0 bridgehead atoms. The third kappa shape index (κ3) is 3.69. The van der Waals surface area contributed by atoms with Gasteiger partial charge < -0.3 is 9.84 Å². The predicted octanol–water partition coefficient (Wildman–Crippen LogP) is 0.455. The first-order valence-electron chi connectivity index (χ1n) is 6.71. The van der Waals surface area contributed by atoms with Crippen molar-refractivity contribution in [3.63, 3.8) is 0 Å². The van der Waals surface area contributed by atoms with Crippen molar-refractivity contribution >= 4 is 22.0 Å². The van der Waals surface area contributed by atoms with Crippen LogP contribution in [0.2, 0.25) is 0 Å². The summed E-state index contributed by atoms with van der Waals surface area (Å²) in [5.41, 5.74) is 0. The second-order valence-corrected chi connectivity index (χ2v) is 6.84. The number of carbonyl (C=O) groups is 2. The van der Waals surface area contributed by atoms with E-state index < -0.39 is 33.1 Å². The second kappa shape index (κ2) is 7.03. The number of carbonyl (C=O) groups excluding carboxylic acids is 1. The molecule has 0 aliphatic heterocycles. The Hall–Kier alpha value is -1.15. The highest BCUT2D eigenvalue weighted by Gasteiger charge is 2.44. The van der Waals surface area contributed by atoms with E-state index in [1.807, 2.05) is 0 Å². The molecule has 0 aromatic rings. The molecule has 1 aliphatic rings. The fourth-order valence-electron chi connectivity index (χ4n) is 2.49. The molecule has 116 valence electrons. The Morgan fingerprint density at radius 2 is 1.95 bits per heavy atom. The molecule has 8 heteroatoms. The molecular formula is C12H21NO6S. The Balaban J connectivity index is 2.89. The van der Waals surface area contributed by atoms with Crippen LogP contribution in [0.5, 0.6) is 0 Å². The Morgan fingerprint density at radius 3 is 2.45 bits per heavy atom. The quantitative estimate of drug-likeness (QED) is 0.685. The lowest BCUT2D eigenvalue weighted by Crippen LogP contribution is -2.44. The van der Waals surface area contributed by atoms with Crippen LogP contribution in [0.15, 0.2) is 0 Å². The minimum Gasteiger partial charge on any atom is -0.481 e. The lowest BCUT2D eigenvalue weighted by atomic mass is 10.1. The average molecular weight is 307 g/mol. The smallest absolute Gasteiger partial charge is 0.321 e. The number of rotatable bonds is 7. The van der Waals surface area contributed by atoms with Gasteiger partial charge >= 0.3 is 11.9 Å². The molecule has 1 rings (SSSR count). The standard InChI is InChI=1S/C12H21NO6S/c1-3-13(8-11(14)19-4-2)20(17,18)10-7-5-6-9(10)12(15)16/h9-10H,3-8H2,1-2H3,(H,15,16). The normalized spacial score (nSPS) is 22.9. The highest BCUT2D eigenvalue weighted by molar-refractivity contribution is 7.89. The lowest BCUT2D eigenvalue weighted by Gasteiger charge is -2.25. The van der Waals surface area contributed by atoms with E-state index in [2.05, 4.69) is 0 Å². The second-order valence-electron chi connectivity index (χ2n) is 4.69. The zero-order valence-electron chi connectivity index (χ0n) is 11.7. The molecule has 2 atom stereocenters. The maximum Gasteiger partial charge on any atom is 0.321 e. The van der Waals surface area contributed by atoms with Crippen LogP contribution in [0.1, 0.15) is 33.1 Å². The van der Waals surface area contributed by atoms with E-state index in [9.17, 15) is 18.0 Å². The van der Waals surface area contributed by atoms with Crippen LogP contribution in [-0.4, -0.2) is 54.7 Å². The Morgan fingerprint density at radius 1 is 1.30 bits per heavy atom. The van der Waals surface area contributed by atoms with Gasteiger partial charge in [0.05, 0.1) is 17.8 Å². The fourth-order valence-corrected chi connectivity index (χ4v) is 4.65. The van der Waals surface area contributed by atoms with Crippen LogP contribution < -0.4 is 0 Å². The van der Waals surface area contributed by atoms with Gasteiger partial charge in [-0.15, -0.1) is 0 Å². The molecule has 1 aliphatic carbocycles. The molecular weight excluding hydrogens is 286 g/mol. The number of carboxylic acids is 1. The Bertz CT molecular complexity index is 461. The van der Waals surface area contributed by atoms with Crippen molar-refractivity contribution in [3.05, 3.63) is 0 Å². The van der Waals surface area contributed by atoms with Crippen LogP contribution in [0.3, 0.4) is 0 Å². The van der Waals surface area contributed by atoms with Gasteiger partial charge in [-0.3, -0.25) is 9.59 Å². The molecule has 20 heavy (non-hydrogen) atoms. The number of sulfonamides is 1. The van der Waals surface area contributed by atoms with E-state index >= 15 is 0 Å². The highest BCUT2D eigenvalue weighted by Crippen LogP contribution is 2.33. The van der Waals surface area contributed by atoms with E-state index in [4.69, 9.17) is 9.84 Å². The molecule has 0 spiro atoms. The Labute approximate surface area is 118 Å². The van der Waals surface area contributed by atoms with Crippen LogP contribution in [0, 0.1) is 5.92 Å². The monoisotopic (exact) mass is 307 g/mol. The van der Waals surface area contributed by atoms with Crippen LogP contribution >= 0.6 is 0 Å². The number of hydrogen-bond acceptors (Lipinski definition) is 5. The lowest BCUT2D eigenvalue weighted by molar-refractivity contribution is -0.143. The summed E-state index contributed by atoms with van der Waals surface area (Å²) < 4.78 is 30.7. The molecule has 1 fully saturated rings. The van der Waals surface area contributed by atoms with Gasteiger partial charge in [0.1, 0.15) is 6.54 Å². The van der Waals surface area contributed by atoms with Gasteiger partial charge in [0.25, 0.3) is 0 Å². The summed E-state index contributed by atoms with van der Waals surface area (Å²) in [6.07, 6.45) is 1.24. The summed E-state index contributed by atoms with van der Waals surface area (Å²) in [6.45, 7) is 3.18. The molecule has 0 aromatic carbocycles. The van der Waals surface area contributed by atoms with Crippen LogP contribution in [0.4, 0.5) is 0 Å². The number of carboxylic acid groups (broad SMARTS) is 1. The first-order valence-corrected chi connectivity index (χ1v) is 8.22. The van der Waals surface area contributed by atoms with E-state index in [1.54, 1.807) is 13.8 Å². The molecule has 0 amide bonds. The third-order valence-electron chi connectivity index (χ3n) is 3.48. The number of esters is 1. The van der Waals surface area contributed by atoms with Crippen molar-refractivity contribution in [1.82, 2.24) is 4.31 Å². The minimum absolute atomic E-state index is 0.115. The summed E-state index contributed by atoms with van der Waals surface area (Å²) in [5.74, 6) is -2.61. The van der Waals surface area contributed by atoms with Crippen LogP contribution in [-0.2, 0) is 24.3 Å². The van der Waals surface area contributed by atoms with Gasteiger partial charge in [-0.25, -0.2) is 8.42 Å². The highest BCUT2D eigenvalue weighted by atomic mass is 32.2. The zero-order valence-corrected chi connectivity index (χ0v) is 12.6. The van der Waals surface area contributed by atoms with E-state index in [0.29, 0.717) is 19.3 Å². The van der Waals surface area contributed by atoms with Gasteiger partial charge in [-0.2, -0.15) is 4.31 Å². The summed E-state index contributed by atoms with van der Waals surface area (Å²) in [7, 11) is -3.81. The Kier molecular flexibility index (Phi) is 5.94. The number of ether oxygens (including phenoxy) is 1. The van der Waals surface area contributed by atoms with E-state index in [1.165, 1.54) is 0 Å². The largest absolute Gasteiger partial charge is 0.481 e. The number of hydrogen-bond donors (Lipinski definition) is 1. The molecule has 7 nitrogen and oxygen atoms in total. The predicted molar refractivity (Wildman–Crippen MR) is 71.6 cm³/mol. The number of aliphatic carboxylic acids is 1. The molecule has 1 N–H and O–H groups in total. The van der Waals surface area contributed by atoms with Crippen molar-refractivity contribution < 1.29 is 27.9 Å². The summed E-state index contributed by atoms with van der Waals surface area (Å²) in [6, 6.07) is 0. The average Bonchev–Trinajstić information content (AvgIpc) is 2.86. The molecule has 0 saturated heterocycles. The van der Waals surface area contributed by atoms with Crippen molar-refractivity contribution in [2.24, 2.45) is 5.92 Å². The first kappa shape index (κ1) is 16.9. The van der Waals surface area contributed by atoms with Gasteiger partial charge in [0, 0.05) is 6.54 Å². The maximum absolute atomic E-state index is 12.5. The molecule has 0 radical (unpaired) electrons. The summed E-state index contributed by atoms with van der Waals surface area (Å²) in [5, 5.41) is 8.14. The van der Waals surface area contributed by atoms with Gasteiger partial charge in [0.15, 0.2) is 0 Å². The van der Waals surface area contributed by atoms with Gasteiger partial charge in [-0.05, 0) is 19.8 Å². The van der Waals surface area contributed by atoms with Gasteiger partial charge in [-0.1, -0.05) is 13.3 Å². The third-order valence-corrected chi connectivity index (χ3v) is 5.91. The molecule has 0 aromatic heterocycles. The summed E-state index contributed by atoms with van der Waals surface area (Å²) >= 11 is 0.